The van der Waals surface area contributed by atoms with Crippen molar-refractivity contribution >= 4 is 38.5 Å². The summed E-state index contributed by atoms with van der Waals surface area (Å²) in [5, 5.41) is 21.3. The molecular weight excluding hydrogens is 428 g/mol. The molecule has 4 N–H and O–H groups in total. The molecule has 164 valence electrons. The third-order valence-electron chi connectivity index (χ3n) is 5.29. The number of ether oxygens (including phenoxy) is 1. The molecule has 4 aromatic rings. The van der Waals surface area contributed by atoms with Gasteiger partial charge >= 0.3 is 0 Å². The standard InChI is InChI=1S/C22H22N6O3S/c1-2-3-4-5-10-15-25-18(23)16-19(26-15)28(22-17(30)13(29)11-31-22)20(27-16)21-24-12-8-6-7-9-14(12)32-21/h6-9,13,17,22,29-30H,2-4,11H2,1H3,(H2,23,25,26)/t13-,17-,22-/m1/s1. The van der Waals surface area contributed by atoms with Gasteiger partial charge in [-0.2, -0.15) is 0 Å². The van der Waals surface area contributed by atoms with Gasteiger partial charge in [0.2, 0.25) is 5.82 Å². The maximum Gasteiger partial charge on any atom is 0.208 e. The predicted octanol–water partition coefficient (Wildman–Crippen LogP) is 2.48. The Labute approximate surface area is 187 Å². The molecule has 0 bridgehead atoms. The number of nitrogen functional groups attached to an aromatic ring is 1. The van der Waals surface area contributed by atoms with Crippen molar-refractivity contribution < 1.29 is 14.9 Å². The van der Waals surface area contributed by atoms with Gasteiger partial charge in [0.05, 0.1) is 16.8 Å². The third kappa shape index (κ3) is 3.59. The fraction of sp³-hybridized carbons (Fsp3) is 0.364. The van der Waals surface area contributed by atoms with Crippen LogP contribution in [0.25, 0.3) is 32.2 Å². The van der Waals surface area contributed by atoms with Crippen LogP contribution in [-0.2, 0) is 4.74 Å². The second kappa shape index (κ2) is 8.44. The van der Waals surface area contributed by atoms with Gasteiger partial charge in [-0.3, -0.25) is 4.57 Å². The highest BCUT2D eigenvalue weighted by atomic mass is 32.1. The number of imidazole rings is 1. The van der Waals surface area contributed by atoms with Crippen LogP contribution in [0.2, 0.25) is 0 Å². The van der Waals surface area contributed by atoms with Crippen LogP contribution in [0, 0.1) is 11.8 Å². The van der Waals surface area contributed by atoms with Crippen LogP contribution in [0.3, 0.4) is 0 Å². The van der Waals surface area contributed by atoms with Gasteiger partial charge in [-0.15, -0.1) is 11.3 Å². The number of hydrogen-bond acceptors (Lipinski definition) is 9. The Hall–Kier alpha value is -3.10. The quantitative estimate of drug-likeness (QED) is 0.319. The number of aliphatic hydroxyl groups is 2. The van der Waals surface area contributed by atoms with Crippen molar-refractivity contribution in [2.24, 2.45) is 0 Å². The number of rotatable bonds is 4. The molecule has 1 aliphatic heterocycles. The average molecular weight is 451 g/mol. The number of anilines is 1. The number of para-hydroxylation sites is 1. The number of thiazole rings is 1. The zero-order valence-electron chi connectivity index (χ0n) is 17.4. The SMILES string of the molecule is CCCCC#Cc1nc(N)c2nc(-c3nc4ccccc4s3)n([C@@H]3OC[C@@H](O)[C@H]3O)c2n1. The first-order valence-electron chi connectivity index (χ1n) is 10.4. The second-order valence-corrected chi connectivity index (χ2v) is 8.61. The highest BCUT2D eigenvalue weighted by Gasteiger charge is 2.39. The van der Waals surface area contributed by atoms with Gasteiger partial charge in [0, 0.05) is 6.42 Å². The summed E-state index contributed by atoms with van der Waals surface area (Å²) >= 11 is 1.46. The minimum Gasteiger partial charge on any atom is -0.388 e. The number of nitrogens with zero attached hydrogens (tertiary/aromatic N) is 5. The maximum atomic E-state index is 10.6. The van der Waals surface area contributed by atoms with Crippen molar-refractivity contribution in [3.63, 3.8) is 0 Å². The van der Waals surface area contributed by atoms with Crippen LogP contribution in [0.5, 0.6) is 0 Å². The number of unbranched alkanes of at least 4 members (excludes halogenated alkanes) is 2. The minimum absolute atomic E-state index is 0.00492. The van der Waals surface area contributed by atoms with E-state index in [9.17, 15) is 10.2 Å². The number of aliphatic hydroxyl groups excluding tert-OH is 2. The Bertz CT molecular complexity index is 1320. The van der Waals surface area contributed by atoms with E-state index in [0.29, 0.717) is 22.0 Å². The molecule has 32 heavy (non-hydrogen) atoms. The van der Waals surface area contributed by atoms with Crippen LogP contribution in [0.1, 0.15) is 38.2 Å². The zero-order valence-corrected chi connectivity index (χ0v) is 18.2. The van der Waals surface area contributed by atoms with Crippen LogP contribution >= 0.6 is 11.3 Å². The summed E-state index contributed by atoms with van der Waals surface area (Å²) in [6.45, 7) is 2.10. The van der Waals surface area contributed by atoms with Gasteiger partial charge < -0.3 is 20.7 Å². The van der Waals surface area contributed by atoms with E-state index in [1.807, 2.05) is 24.3 Å². The lowest BCUT2D eigenvalue weighted by Crippen LogP contribution is -2.28. The predicted molar refractivity (Wildman–Crippen MR) is 122 cm³/mol. The number of benzene rings is 1. The summed E-state index contributed by atoms with van der Waals surface area (Å²) in [7, 11) is 0. The molecule has 0 amide bonds. The molecule has 10 heteroatoms. The Balaban J connectivity index is 1.71. The molecule has 1 saturated heterocycles. The maximum absolute atomic E-state index is 10.6. The fourth-order valence-electron chi connectivity index (χ4n) is 3.63. The lowest BCUT2D eigenvalue weighted by molar-refractivity contribution is -0.0153. The summed E-state index contributed by atoms with van der Waals surface area (Å²) in [5.41, 5.74) is 7.80. The molecular formula is C22H22N6O3S. The summed E-state index contributed by atoms with van der Waals surface area (Å²) in [4.78, 5) is 18.2. The Morgan fingerprint density at radius 2 is 2.06 bits per heavy atom. The molecule has 3 aromatic heterocycles. The molecule has 0 spiro atoms. The largest absolute Gasteiger partial charge is 0.388 e. The molecule has 4 heterocycles. The molecule has 3 atom stereocenters. The Kier molecular flexibility index (Phi) is 5.48. The van der Waals surface area contributed by atoms with E-state index in [2.05, 4.69) is 33.7 Å². The first-order chi connectivity index (χ1) is 15.6. The normalized spacial score (nSPS) is 20.7. The monoisotopic (exact) mass is 450 g/mol. The first kappa shape index (κ1) is 20.8. The van der Waals surface area contributed by atoms with Gasteiger partial charge in [0.25, 0.3) is 0 Å². The van der Waals surface area contributed by atoms with Gasteiger partial charge in [0.15, 0.2) is 34.0 Å². The lowest BCUT2D eigenvalue weighted by Gasteiger charge is -2.18. The van der Waals surface area contributed by atoms with Gasteiger partial charge in [-0.1, -0.05) is 31.4 Å². The van der Waals surface area contributed by atoms with Crippen LogP contribution in [-0.4, -0.2) is 53.5 Å². The van der Waals surface area contributed by atoms with E-state index in [0.717, 1.165) is 29.5 Å². The molecule has 0 saturated carbocycles. The van der Waals surface area contributed by atoms with Crippen LogP contribution < -0.4 is 5.73 Å². The van der Waals surface area contributed by atoms with Gasteiger partial charge in [-0.05, 0) is 24.5 Å². The number of fused-ring (bicyclic) bond motifs is 2. The van der Waals surface area contributed by atoms with Gasteiger partial charge in [0.1, 0.15) is 12.2 Å². The summed E-state index contributed by atoms with van der Waals surface area (Å²) in [6, 6.07) is 7.76. The van der Waals surface area contributed by atoms with E-state index in [4.69, 9.17) is 15.5 Å². The number of aromatic nitrogens is 5. The highest BCUT2D eigenvalue weighted by Crippen LogP contribution is 2.37. The topological polar surface area (TPSA) is 132 Å². The van der Waals surface area contributed by atoms with E-state index in [1.54, 1.807) is 4.57 Å². The van der Waals surface area contributed by atoms with E-state index < -0.39 is 18.4 Å². The minimum atomic E-state index is -1.16. The zero-order chi connectivity index (χ0) is 22.2. The smallest absolute Gasteiger partial charge is 0.208 e. The lowest BCUT2D eigenvalue weighted by atomic mass is 10.2. The van der Waals surface area contributed by atoms with Crippen molar-refractivity contribution in [2.75, 3.05) is 12.3 Å². The van der Waals surface area contributed by atoms with Crippen molar-refractivity contribution in [3.8, 4) is 22.7 Å². The van der Waals surface area contributed by atoms with Crippen molar-refractivity contribution in [3.05, 3.63) is 30.1 Å². The highest BCUT2D eigenvalue weighted by molar-refractivity contribution is 7.21. The van der Waals surface area contributed by atoms with E-state index >= 15 is 0 Å². The summed E-state index contributed by atoms with van der Waals surface area (Å²) in [6.07, 6.45) is -0.292. The molecule has 1 aliphatic rings. The van der Waals surface area contributed by atoms with Crippen molar-refractivity contribution in [1.82, 2.24) is 24.5 Å². The molecule has 5 rings (SSSR count). The van der Waals surface area contributed by atoms with Gasteiger partial charge in [-0.25, -0.2) is 19.9 Å². The first-order valence-corrected chi connectivity index (χ1v) is 11.3. The molecule has 0 aliphatic carbocycles. The molecule has 1 aromatic carbocycles. The third-order valence-corrected chi connectivity index (χ3v) is 6.32. The van der Waals surface area contributed by atoms with E-state index in [-0.39, 0.29) is 18.2 Å². The summed E-state index contributed by atoms with van der Waals surface area (Å²) < 4.78 is 8.36. The van der Waals surface area contributed by atoms with Crippen LogP contribution in [0.4, 0.5) is 5.82 Å². The average Bonchev–Trinajstić information content (AvgIpc) is 3.47. The van der Waals surface area contributed by atoms with E-state index in [1.165, 1.54) is 11.3 Å². The number of hydrogen-bond donors (Lipinski definition) is 3. The second-order valence-electron chi connectivity index (χ2n) is 7.58. The van der Waals surface area contributed by atoms with Crippen molar-refractivity contribution in [1.29, 1.82) is 0 Å². The van der Waals surface area contributed by atoms with Crippen molar-refractivity contribution in [2.45, 2.75) is 44.6 Å². The van der Waals surface area contributed by atoms with Crippen LogP contribution in [0.15, 0.2) is 24.3 Å². The Morgan fingerprint density at radius 3 is 2.81 bits per heavy atom. The Morgan fingerprint density at radius 1 is 1.22 bits per heavy atom. The summed E-state index contributed by atoms with van der Waals surface area (Å²) in [5.74, 6) is 6.93. The molecule has 9 nitrogen and oxygen atoms in total. The fourth-order valence-corrected chi connectivity index (χ4v) is 4.58. The molecule has 1 fully saturated rings. The number of nitrogens with two attached hydrogens (primary N) is 1. The molecule has 0 radical (unpaired) electrons. The molecule has 0 unspecified atom stereocenters.